The molecule has 0 aromatic heterocycles. The largest absolute Gasteiger partial charge is 0.352 e. The summed E-state index contributed by atoms with van der Waals surface area (Å²) in [6.07, 6.45) is 9.76. The Kier molecular flexibility index (Phi) is 19.6. The zero-order chi connectivity index (χ0) is 82.1. The Bertz CT molecular complexity index is 7820. The highest BCUT2D eigenvalue weighted by Crippen LogP contribution is 2.59. The van der Waals surface area contributed by atoms with Crippen LogP contribution in [-0.2, 0) is 10.8 Å². The van der Waals surface area contributed by atoms with Crippen molar-refractivity contribution < 1.29 is 0 Å². The van der Waals surface area contributed by atoms with Gasteiger partial charge >= 0.3 is 0 Å². The average molecular weight is 1600 g/mol. The van der Waals surface area contributed by atoms with Gasteiger partial charge in [0.25, 0.3) is 0 Å². The summed E-state index contributed by atoms with van der Waals surface area (Å²) < 4.78 is 1.14. The zero-order valence-corrected chi connectivity index (χ0v) is 68.3. The summed E-state index contributed by atoms with van der Waals surface area (Å²) in [4.78, 5) is 7.13. The first kappa shape index (κ1) is 74.8. The van der Waals surface area contributed by atoms with Gasteiger partial charge in [-0.1, -0.05) is 262 Å². The van der Waals surface area contributed by atoms with Crippen LogP contribution in [-0.4, -0.2) is 0 Å². The minimum atomic E-state index is -0.192. The molecule has 0 saturated heterocycles. The molecule has 0 bridgehead atoms. The predicted molar refractivity (Wildman–Crippen MR) is 515 cm³/mol. The molecular weight excluding hydrogens is 1530 g/mol. The van der Waals surface area contributed by atoms with E-state index < -0.39 is 0 Å². The van der Waals surface area contributed by atoms with Gasteiger partial charge in [0.2, 0.25) is 0 Å². The van der Waals surface area contributed by atoms with Crippen molar-refractivity contribution in [1.29, 1.82) is 0 Å². The summed E-state index contributed by atoms with van der Waals surface area (Å²) in [5.74, 6) is 38.2. The van der Waals surface area contributed by atoms with Crippen LogP contribution in [0, 0.1) is 108 Å². The van der Waals surface area contributed by atoms with E-state index in [1.807, 2.05) is 6.07 Å². The first-order valence-corrected chi connectivity index (χ1v) is 40.9. The molecule has 0 unspecified atom stereocenters. The highest BCUT2D eigenvalue weighted by atomic mass is 79.9. The third-order valence-electron chi connectivity index (χ3n) is 23.5. The third kappa shape index (κ3) is 13.4. The van der Waals surface area contributed by atoms with Gasteiger partial charge in [-0.2, -0.15) is 0 Å². The maximum atomic E-state index is 4.88. The molecular formula is C116H71BrN4. The Morgan fingerprint density at radius 3 is 0.967 bits per heavy atom. The molecule has 0 fully saturated rings. The number of hydrogen-bond acceptors (Lipinski definition) is 4. The zero-order valence-electron chi connectivity index (χ0n) is 66.7. The van der Waals surface area contributed by atoms with Crippen molar-refractivity contribution in [3.8, 4) is 130 Å². The topological polar surface area (TPSA) is 21.8 Å². The summed E-state index contributed by atoms with van der Waals surface area (Å²) in [7, 11) is 0. The van der Waals surface area contributed by atoms with E-state index in [-0.39, 0.29) is 10.8 Å². The van der Waals surface area contributed by atoms with Crippen molar-refractivity contribution in [3.05, 3.63) is 366 Å². The van der Waals surface area contributed by atoms with Crippen molar-refractivity contribution in [1.82, 2.24) is 0 Å². The Morgan fingerprint density at radius 1 is 0.240 bits per heavy atom. The lowest BCUT2D eigenvalue weighted by molar-refractivity contribution is 0.661. The number of terminal acetylenes is 2. The number of halogens is 1. The van der Waals surface area contributed by atoms with E-state index in [4.69, 9.17) is 12.8 Å². The molecule has 5 heteroatoms. The number of fused-ring (bicyclic) bond motifs is 26. The average Bonchev–Trinajstić information content (AvgIpc) is 1.62. The quantitative estimate of drug-likeness (QED) is 0.141. The maximum Gasteiger partial charge on any atom is 0.0703 e. The number of hydrogen-bond donors (Lipinski definition) is 1. The van der Waals surface area contributed by atoms with E-state index in [1.165, 1.54) is 176 Å². The van der Waals surface area contributed by atoms with E-state index in [0.717, 1.165) is 21.5 Å². The first-order valence-electron chi connectivity index (χ1n) is 40.1. The van der Waals surface area contributed by atoms with Gasteiger partial charge in [0.15, 0.2) is 0 Å². The highest BCUT2D eigenvalue weighted by Gasteiger charge is 2.40. The molecule has 18 aromatic carbocycles. The second kappa shape index (κ2) is 31.8. The van der Waals surface area contributed by atoms with Crippen molar-refractivity contribution in [3.63, 3.8) is 0 Å². The molecule has 0 saturated carbocycles. The lowest BCUT2D eigenvalue weighted by Crippen LogP contribution is -2.24. The van der Waals surface area contributed by atoms with Crippen LogP contribution in [0.3, 0.4) is 0 Å². The second-order valence-corrected chi connectivity index (χ2v) is 31.8. The molecule has 18 aromatic rings. The van der Waals surface area contributed by atoms with Crippen LogP contribution in [0.2, 0.25) is 0 Å². The van der Waals surface area contributed by atoms with Crippen molar-refractivity contribution in [2.45, 2.75) is 38.5 Å². The van der Waals surface area contributed by atoms with Crippen LogP contribution in [0.5, 0.6) is 0 Å². The normalized spacial score (nSPS) is 12.3. The van der Waals surface area contributed by atoms with Gasteiger partial charge in [-0.3, -0.25) is 0 Å². The summed E-state index contributed by atoms with van der Waals surface area (Å²) in [5, 5.41) is 24.7. The van der Waals surface area contributed by atoms with Gasteiger partial charge in [-0.05, 0) is 347 Å². The monoisotopic (exact) mass is 1600 g/mol. The highest BCUT2D eigenvalue weighted by molar-refractivity contribution is 9.10. The lowest BCUT2D eigenvalue weighted by atomic mass is 9.80. The molecule has 2 heterocycles. The van der Waals surface area contributed by atoms with E-state index in [2.05, 4.69) is 492 Å². The fourth-order valence-electron chi connectivity index (χ4n) is 18.2. The molecule has 22 rings (SSSR count). The van der Waals surface area contributed by atoms with Gasteiger partial charge < -0.3 is 20.0 Å². The molecule has 121 heavy (non-hydrogen) atoms. The summed E-state index contributed by atoms with van der Waals surface area (Å²) in [5.41, 5.74) is 23.5. The molecule has 562 valence electrons. The van der Waals surface area contributed by atoms with Gasteiger partial charge in [-0.15, -0.1) is 12.8 Å². The number of anilines is 11. The molecule has 0 amide bonds. The van der Waals surface area contributed by atoms with Crippen LogP contribution >= 0.6 is 15.9 Å². The lowest BCUT2D eigenvalue weighted by Gasteiger charge is -2.40. The maximum absolute atomic E-state index is 4.88. The van der Waals surface area contributed by atoms with Crippen molar-refractivity contribution in [2.24, 2.45) is 0 Å². The smallest absolute Gasteiger partial charge is 0.0703 e. The van der Waals surface area contributed by atoms with Crippen LogP contribution < -0.4 is 20.0 Å². The van der Waals surface area contributed by atoms with E-state index >= 15 is 0 Å². The van der Waals surface area contributed by atoms with Gasteiger partial charge in [0.1, 0.15) is 0 Å². The van der Waals surface area contributed by atoms with Crippen molar-refractivity contribution in [2.75, 3.05) is 20.0 Å². The Balaban J connectivity index is 0.000000118. The molecule has 0 atom stereocenters. The molecule has 4 aliphatic rings. The molecule has 2 aliphatic carbocycles. The van der Waals surface area contributed by atoms with Crippen LogP contribution in [0.25, 0.3) is 108 Å². The number of para-hydroxylation sites is 10. The van der Waals surface area contributed by atoms with E-state index in [1.54, 1.807) is 0 Å². The van der Waals surface area contributed by atoms with Crippen molar-refractivity contribution >= 4 is 165 Å². The van der Waals surface area contributed by atoms with Crippen LogP contribution in [0.1, 0.15) is 49.9 Å². The Labute approximate surface area is 714 Å². The van der Waals surface area contributed by atoms with Crippen LogP contribution in [0.15, 0.2) is 344 Å². The van der Waals surface area contributed by atoms with E-state index in [0.29, 0.717) is 0 Å². The fourth-order valence-corrected chi connectivity index (χ4v) is 18.6. The second-order valence-electron chi connectivity index (χ2n) is 30.9. The minimum absolute atomic E-state index is 0.0365. The van der Waals surface area contributed by atoms with E-state index in [9.17, 15) is 0 Å². The summed E-state index contributed by atoms with van der Waals surface area (Å²) >= 11 is 3.70. The number of nitrogens with one attached hydrogen (secondary N) is 1. The molecule has 0 spiro atoms. The first-order chi connectivity index (χ1) is 59.5. The molecule has 2 aliphatic heterocycles. The summed E-state index contributed by atoms with van der Waals surface area (Å²) in [6.45, 7) is 9.53. The third-order valence-corrected chi connectivity index (χ3v) is 24.0. The van der Waals surface area contributed by atoms with Gasteiger partial charge in [0.05, 0.1) is 45.5 Å². The summed E-state index contributed by atoms with van der Waals surface area (Å²) in [6, 6.07) is 124. The Hall–Kier alpha value is -16.2. The standard InChI is InChI=1S/C49H34N2.C31H21Br.C18H14N2.C18H2/c1-49(2)42-28-33(51-46-22-12-10-20-44(46)50(32-15-4-3-5-16-32)45-21-11-13-23-47(45)51)25-27-37(42)40-29-39-36-19-9-8-18-35(36)38-26-24-31-14-6-7-17-34(31)48(38)41(39)30-43(40)49;1-31(2)28-15-19(32)12-14-23(28)26-16-25-22-10-6-5-9-21(22)24-13-11-18-7-3-4-8-20(18)30(24)27(25)17-29(26)31;1-2-8-14(9-3-1)20-17-12-6-4-10-15(17)19-16-11-5-7-13-18(16)20;1-3-5-7-9-11-13-15-17-18-16-14-12-10-8-6-4-2/h3-30H,1-2H3;3-17H,1-2H3;1-13,19H;1-2H. The fraction of sp³-hybridized carbons (Fsp3) is 0.0517. The molecule has 1 N–H and O–H groups in total. The van der Waals surface area contributed by atoms with Gasteiger partial charge in [-0.25, -0.2) is 0 Å². The predicted octanol–water partition coefficient (Wildman–Crippen LogP) is 28.7. The molecule has 4 nitrogen and oxygen atoms in total. The number of rotatable bonds is 3. The van der Waals surface area contributed by atoms with Crippen LogP contribution in [0.4, 0.5) is 62.6 Å². The number of nitrogens with zero attached hydrogens (tertiary/aromatic N) is 3. The minimum Gasteiger partial charge on any atom is -0.352 e. The molecule has 0 radical (unpaired) electrons. The SMILES string of the molecule is C#CC#CC#CC#CC#CC#CC#CC#CC#C.CC1(C)c2cc(Br)ccc2-c2cc3c4ccccc4c4ccc5ccccc5c4c3cc21.CC1(C)c2cc(N3c4ccccc4N(c4ccccc4)c4ccccc43)ccc2-c2cc3c4ccccc4c4ccc5ccccc5c4c3cc21.c1ccc(N2c3ccccc3Nc3ccccc32)cc1. The van der Waals surface area contributed by atoms with Gasteiger partial charge in [0, 0.05) is 32.4 Å². The number of benzene rings is 18. The Morgan fingerprint density at radius 2 is 0.554 bits per heavy atom.